The van der Waals surface area contributed by atoms with Gasteiger partial charge in [-0.25, -0.2) is 4.57 Å². The molecule has 0 aromatic rings. The summed E-state index contributed by atoms with van der Waals surface area (Å²) in [5, 5.41) is 2.13. The molecule has 0 aliphatic rings. The first-order valence-corrected chi connectivity index (χ1v) is 14.1. The van der Waals surface area contributed by atoms with Gasteiger partial charge < -0.3 is 20.8 Å². The summed E-state index contributed by atoms with van der Waals surface area (Å²) in [4.78, 5) is 41.9. The lowest BCUT2D eigenvalue weighted by atomic mass is 10.2. The lowest BCUT2D eigenvalue weighted by Gasteiger charge is -2.19. The first-order chi connectivity index (χ1) is 11.2. The zero-order valence-corrected chi connectivity index (χ0v) is 17.8. The fourth-order valence-electron chi connectivity index (χ4n) is 1.50. The van der Waals surface area contributed by atoms with Crippen LogP contribution in [0.25, 0.3) is 0 Å². The van der Waals surface area contributed by atoms with E-state index in [2.05, 4.69) is 5.32 Å². The van der Waals surface area contributed by atoms with Crippen molar-refractivity contribution >= 4 is 62.6 Å². The molecule has 24 heavy (non-hydrogen) atoms. The molecular formula is C12H25N2O5PS4. The number of carbonyl (C=O) groups excluding carboxylic acids is 2. The largest absolute Gasteiger partial charge is 0.394 e. The van der Waals surface area contributed by atoms with Crippen molar-refractivity contribution in [1.82, 2.24) is 5.32 Å². The smallest absolute Gasteiger partial charge is 0.344 e. The van der Waals surface area contributed by atoms with Crippen LogP contribution in [-0.4, -0.2) is 55.9 Å². The Morgan fingerprint density at radius 2 is 1.67 bits per heavy atom. The molecule has 0 radical (unpaired) electrons. The van der Waals surface area contributed by atoms with E-state index in [1.165, 1.54) is 0 Å². The quantitative estimate of drug-likeness (QED) is 0.193. The van der Waals surface area contributed by atoms with Crippen LogP contribution in [0.3, 0.4) is 0 Å². The molecule has 0 saturated carbocycles. The number of hydrogen-bond acceptors (Lipinski definition) is 8. The van der Waals surface area contributed by atoms with Crippen LogP contribution in [-0.2, 0) is 14.2 Å². The highest BCUT2D eigenvalue weighted by Gasteiger charge is 2.27. The Kier molecular flexibility index (Phi) is 14.2. The normalized spacial score (nSPS) is 14.2. The van der Waals surface area contributed by atoms with Crippen molar-refractivity contribution in [2.75, 3.05) is 23.0 Å². The van der Waals surface area contributed by atoms with Crippen molar-refractivity contribution in [3.8, 4) is 0 Å². The predicted octanol–water partition coefficient (Wildman–Crippen LogP) is 2.09. The molecule has 0 aromatic heterocycles. The summed E-state index contributed by atoms with van der Waals surface area (Å²) in [5.74, 6) is 2.84. The summed E-state index contributed by atoms with van der Waals surface area (Å²) >= 11 is 3.30. The maximum Gasteiger partial charge on any atom is 0.394 e. The number of carbonyl (C=O) groups is 2. The van der Waals surface area contributed by atoms with Gasteiger partial charge in [-0.1, -0.05) is 13.8 Å². The Balaban J connectivity index is 4.60. The highest BCUT2D eigenvalue weighted by molar-refractivity contribution is 9.01. The van der Waals surface area contributed by atoms with Gasteiger partial charge in [0, 0.05) is 10.4 Å². The van der Waals surface area contributed by atoms with E-state index < -0.39 is 29.9 Å². The maximum atomic E-state index is 12.1. The second-order valence-corrected chi connectivity index (χ2v) is 12.8. The van der Waals surface area contributed by atoms with Crippen LogP contribution in [0.5, 0.6) is 0 Å². The van der Waals surface area contributed by atoms with E-state index in [9.17, 15) is 14.2 Å². The molecule has 5 N–H and O–H groups in total. The Morgan fingerprint density at radius 3 is 2.17 bits per heavy atom. The fourth-order valence-corrected chi connectivity index (χ4v) is 5.76. The summed E-state index contributed by atoms with van der Waals surface area (Å²) in [6.07, 6.45) is 0.910. The van der Waals surface area contributed by atoms with Crippen LogP contribution in [0, 0.1) is 0 Å². The average molecular weight is 437 g/mol. The Bertz CT molecular complexity index is 438. The average Bonchev–Trinajstić information content (AvgIpc) is 2.51. The van der Waals surface area contributed by atoms with E-state index in [1.807, 2.05) is 13.8 Å². The molecule has 0 aliphatic carbocycles. The van der Waals surface area contributed by atoms with Gasteiger partial charge in [0.25, 0.3) is 0 Å². The van der Waals surface area contributed by atoms with Gasteiger partial charge in [0.1, 0.15) is 0 Å². The molecule has 0 bridgehead atoms. The maximum absolute atomic E-state index is 12.1. The van der Waals surface area contributed by atoms with E-state index >= 15 is 0 Å². The minimum absolute atomic E-state index is 0.203. The fraction of sp³-hybridized carbons (Fsp3) is 0.833. The lowest BCUT2D eigenvalue weighted by molar-refractivity contribution is -0.125. The Morgan fingerprint density at radius 1 is 1.12 bits per heavy atom. The minimum Gasteiger partial charge on any atom is -0.344 e. The van der Waals surface area contributed by atoms with Crippen LogP contribution in [0.2, 0.25) is 0 Å². The highest BCUT2D eigenvalue weighted by Crippen LogP contribution is 2.57. The summed E-state index contributed by atoms with van der Waals surface area (Å²) < 4.78 is 10.9. The van der Waals surface area contributed by atoms with Crippen LogP contribution < -0.4 is 11.1 Å². The SMILES string of the molecule is CCSCC[C@H](NC(=O)[C@@H](N)CCSCC)C(=O)SSP(=O)(O)O. The molecule has 0 aromatic carbocycles. The molecule has 12 heteroatoms. The Labute approximate surface area is 159 Å². The van der Waals surface area contributed by atoms with Crippen LogP contribution >= 0.6 is 51.5 Å². The van der Waals surface area contributed by atoms with Crippen LogP contribution in [0.1, 0.15) is 26.7 Å². The standard InChI is InChI=1S/C12H25N2O5PS4/c1-3-21-7-5-9(13)11(15)14-10(6-8-22-4-2)12(16)23-24-20(17,18)19/h9-10H,3-8,13H2,1-2H3,(H,14,15)(H2,17,18,19)/t9-,10-/m0/s1. The van der Waals surface area contributed by atoms with Crippen molar-refractivity contribution in [1.29, 1.82) is 0 Å². The summed E-state index contributed by atoms with van der Waals surface area (Å²) in [7, 11) is 0.673. The van der Waals surface area contributed by atoms with Crippen LogP contribution in [0.15, 0.2) is 0 Å². The van der Waals surface area contributed by atoms with E-state index in [0.717, 1.165) is 17.3 Å². The zero-order chi connectivity index (χ0) is 18.6. The predicted molar refractivity (Wildman–Crippen MR) is 107 cm³/mol. The third kappa shape index (κ3) is 12.9. The molecule has 142 valence electrons. The number of nitrogens with two attached hydrogens (primary N) is 1. The van der Waals surface area contributed by atoms with Crippen molar-refractivity contribution in [2.45, 2.75) is 38.8 Å². The Hall–Kier alpha value is 0.650. The molecule has 0 rings (SSSR count). The number of amides is 1. The monoisotopic (exact) mass is 436 g/mol. The first kappa shape index (κ1) is 24.7. The second-order valence-electron chi connectivity index (χ2n) is 4.61. The lowest BCUT2D eigenvalue weighted by Crippen LogP contribution is -2.48. The van der Waals surface area contributed by atoms with Gasteiger partial charge in [-0.05, 0) is 46.6 Å². The van der Waals surface area contributed by atoms with E-state index in [0.29, 0.717) is 29.4 Å². The molecule has 0 saturated heterocycles. The van der Waals surface area contributed by atoms with Crippen molar-refractivity contribution in [2.24, 2.45) is 5.73 Å². The minimum atomic E-state index is -4.35. The van der Waals surface area contributed by atoms with E-state index in [-0.39, 0.29) is 10.4 Å². The van der Waals surface area contributed by atoms with E-state index in [4.69, 9.17) is 15.5 Å². The van der Waals surface area contributed by atoms with Gasteiger partial charge >= 0.3 is 6.80 Å². The van der Waals surface area contributed by atoms with E-state index in [1.54, 1.807) is 23.5 Å². The van der Waals surface area contributed by atoms with Gasteiger partial charge in [-0.15, -0.1) is 0 Å². The van der Waals surface area contributed by atoms with Crippen LogP contribution in [0.4, 0.5) is 0 Å². The molecule has 2 atom stereocenters. The van der Waals surface area contributed by atoms with Gasteiger partial charge in [0.15, 0.2) is 0 Å². The summed E-state index contributed by atoms with van der Waals surface area (Å²) in [6, 6.07) is -1.50. The topological polar surface area (TPSA) is 130 Å². The summed E-state index contributed by atoms with van der Waals surface area (Å²) in [5.41, 5.74) is 5.83. The zero-order valence-electron chi connectivity index (χ0n) is 13.7. The molecule has 0 unspecified atom stereocenters. The number of hydrogen-bond donors (Lipinski definition) is 4. The number of thioether (sulfide) groups is 2. The molecule has 7 nitrogen and oxygen atoms in total. The van der Waals surface area contributed by atoms with Crippen molar-refractivity contribution in [3.63, 3.8) is 0 Å². The highest BCUT2D eigenvalue weighted by atomic mass is 33.3. The second kappa shape index (κ2) is 13.8. The molecular weight excluding hydrogens is 411 g/mol. The third-order valence-electron chi connectivity index (χ3n) is 2.69. The van der Waals surface area contributed by atoms with Gasteiger partial charge in [-0.3, -0.25) is 9.59 Å². The van der Waals surface area contributed by atoms with Crippen molar-refractivity contribution in [3.05, 3.63) is 0 Å². The van der Waals surface area contributed by atoms with Gasteiger partial charge in [0.2, 0.25) is 11.0 Å². The number of rotatable bonds is 13. The molecule has 0 heterocycles. The molecule has 0 fully saturated rings. The number of nitrogens with one attached hydrogen (secondary N) is 1. The van der Waals surface area contributed by atoms with Gasteiger partial charge in [0.05, 0.1) is 12.1 Å². The van der Waals surface area contributed by atoms with Gasteiger partial charge in [-0.2, -0.15) is 23.5 Å². The third-order valence-corrected chi connectivity index (χ3v) is 8.99. The molecule has 1 amide bonds. The van der Waals surface area contributed by atoms with Crippen molar-refractivity contribution < 1.29 is 23.9 Å². The first-order valence-electron chi connectivity index (χ1n) is 7.38. The molecule has 0 spiro atoms. The molecule has 0 aliphatic heterocycles. The summed E-state index contributed by atoms with van der Waals surface area (Å²) in [6.45, 7) is -0.343.